The Morgan fingerprint density at radius 1 is 1.40 bits per heavy atom. The molecular formula is C14H12N4O2. The van der Waals surface area contributed by atoms with Gasteiger partial charge in [0.05, 0.1) is 34.9 Å². The zero-order valence-electron chi connectivity index (χ0n) is 10.6. The number of benzene rings is 1. The number of nitrogens with zero attached hydrogens (tertiary/aromatic N) is 3. The van der Waals surface area contributed by atoms with E-state index in [1.807, 2.05) is 18.2 Å². The average Bonchev–Trinajstić information content (AvgIpc) is 3.02. The van der Waals surface area contributed by atoms with Crippen molar-refractivity contribution in [3.05, 3.63) is 42.0 Å². The van der Waals surface area contributed by atoms with Gasteiger partial charge in [-0.1, -0.05) is 0 Å². The number of hydrogen-bond donors (Lipinski definition) is 2. The van der Waals surface area contributed by atoms with Crippen molar-refractivity contribution in [1.29, 1.82) is 0 Å². The second-order valence-electron chi connectivity index (χ2n) is 5.04. The Labute approximate surface area is 114 Å². The minimum absolute atomic E-state index is 0.301. The highest BCUT2D eigenvalue weighted by atomic mass is 16.4. The largest absolute Gasteiger partial charge is 0.478 e. The number of aromatic carboxylic acids is 1. The number of hydrogen-bond acceptors (Lipinski definition) is 3. The summed E-state index contributed by atoms with van der Waals surface area (Å²) >= 11 is 0. The third-order valence-electron chi connectivity index (χ3n) is 3.65. The summed E-state index contributed by atoms with van der Waals surface area (Å²) in [5.74, 6) is -0.613. The summed E-state index contributed by atoms with van der Waals surface area (Å²) in [4.78, 5) is 18.6. The van der Waals surface area contributed by atoms with Gasteiger partial charge in [-0.25, -0.2) is 14.5 Å². The molecule has 1 aromatic carbocycles. The maximum absolute atomic E-state index is 11.3. The number of aromatic amines is 1. The molecule has 0 unspecified atom stereocenters. The van der Waals surface area contributed by atoms with Crippen LogP contribution in [0.3, 0.4) is 0 Å². The van der Waals surface area contributed by atoms with Crippen molar-refractivity contribution in [3.8, 4) is 5.69 Å². The van der Waals surface area contributed by atoms with E-state index in [1.54, 1.807) is 11.0 Å². The van der Waals surface area contributed by atoms with E-state index < -0.39 is 5.97 Å². The first kappa shape index (κ1) is 11.2. The lowest BCUT2D eigenvalue weighted by Gasteiger charge is -2.07. The number of carboxylic acids is 1. The van der Waals surface area contributed by atoms with Gasteiger partial charge in [-0.3, -0.25) is 0 Å². The Morgan fingerprint density at radius 3 is 3.00 bits per heavy atom. The van der Waals surface area contributed by atoms with E-state index in [4.69, 9.17) is 0 Å². The summed E-state index contributed by atoms with van der Waals surface area (Å²) in [6.45, 7) is 0. The maximum Gasteiger partial charge on any atom is 0.339 e. The van der Waals surface area contributed by atoms with Crippen LogP contribution in [0.5, 0.6) is 0 Å². The monoisotopic (exact) mass is 268 g/mol. The van der Waals surface area contributed by atoms with Gasteiger partial charge in [0.1, 0.15) is 5.56 Å². The Kier molecular flexibility index (Phi) is 2.20. The molecule has 0 bridgehead atoms. The highest BCUT2D eigenvalue weighted by molar-refractivity contribution is 5.89. The van der Waals surface area contributed by atoms with Gasteiger partial charge >= 0.3 is 5.97 Å². The maximum atomic E-state index is 11.3. The van der Waals surface area contributed by atoms with Crippen LogP contribution < -0.4 is 0 Å². The standard InChI is InChI=1S/C14H12N4O2/c19-14(20)10-6-17-18(13(10)8-1-2-8)9-3-4-11-12(5-9)16-7-15-11/h3-8H,1-2H2,(H,15,16)(H,19,20). The number of nitrogens with one attached hydrogen (secondary N) is 1. The number of carbonyl (C=O) groups is 1. The summed E-state index contributed by atoms with van der Waals surface area (Å²) < 4.78 is 1.73. The molecule has 2 heterocycles. The van der Waals surface area contributed by atoms with Gasteiger partial charge in [0.15, 0.2) is 0 Å². The van der Waals surface area contributed by atoms with E-state index in [1.165, 1.54) is 6.20 Å². The molecule has 20 heavy (non-hydrogen) atoms. The van der Waals surface area contributed by atoms with Crippen molar-refractivity contribution in [2.24, 2.45) is 0 Å². The normalized spacial score (nSPS) is 14.8. The van der Waals surface area contributed by atoms with E-state index in [0.717, 1.165) is 35.3 Å². The molecule has 0 atom stereocenters. The number of rotatable bonds is 3. The highest BCUT2D eigenvalue weighted by Crippen LogP contribution is 2.42. The number of carboxylic acid groups (broad SMARTS) is 1. The number of fused-ring (bicyclic) bond motifs is 1. The zero-order valence-corrected chi connectivity index (χ0v) is 10.6. The Balaban J connectivity index is 1.90. The molecule has 3 aromatic rings. The molecule has 0 aliphatic heterocycles. The number of imidazole rings is 1. The third kappa shape index (κ3) is 1.61. The minimum Gasteiger partial charge on any atom is -0.478 e. The van der Waals surface area contributed by atoms with Crippen LogP contribution in [0.25, 0.3) is 16.7 Å². The molecule has 1 saturated carbocycles. The zero-order chi connectivity index (χ0) is 13.7. The lowest BCUT2D eigenvalue weighted by Crippen LogP contribution is -2.05. The van der Waals surface area contributed by atoms with Crippen molar-refractivity contribution in [2.75, 3.05) is 0 Å². The molecule has 1 aliphatic carbocycles. The topological polar surface area (TPSA) is 83.8 Å². The Bertz CT molecular complexity index is 814. The van der Waals surface area contributed by atoms with Crippen molar-refractivity contribution in [1.82, 2.24) is 19.7 Å². The van der Waals surface area contributed by atoms with Crippen molar-refractivity contribution >= 4 is 17.0 Å². The summed E-state index contributed by atoms with van der Waals surface area (Å²) in [5.41, 5.74) is 3.74. The molecule has 0 spiro atoms. The molecule has 2 N–H and O–H groups in total. The predicted octanol–water partition coefficient (Wildman–Crippen LogP) is 2.32. The molecule has 0 radical (unpaired) electrons. The molecule has 4 rings (SSSR count). The smallest absolute Gasteiger partial charge is 0.339 e. The molecule has 100 valence electrons. The first-order valence-corrected chi connectivity index (χ1v) is 6.49. The van der Waals surface area contributed by atoms with Crippen LogP contribution in [-0.4, -0.2) is 30.8 Å². The van der Waals surface area contributed by atoms with Crippen LogP contribution in [0.15, 0.2) is 30.7 Å². The second-order valence-corrected chi connectivity index (χ2v) is 5.04. The first-order chi connectivity index (χ1) is 9.74. The van der Waals surface area contributed by atoms with E-state index in [-0.39, 0.29) is 0 Å². The van der Waals surface area contributed by atoms with Crippen LogP contribution in [0.4, 0.5) is 0 Å². The number of H-pyrrole nitrogens is 1. The van der Waals surface area contributed by atoms with Gasteiger partial charge in [-0.05, 0) is 31.0 Å². The predicted molar refractivity (Wildman–Crippen MR) is 72.2 cm³/mol. The highest BCUT2D eigenvalue weighted by Gasteiger charge is 2.32. The second kappa shape index (κ2) is 3.93. The van der Waals surface area contributed by atoms with Crippen LogP contribution in [-0.2, 0) is 0 Å². The Hall–Kier alpha value is -2.63. The SMILES string of the molecule is O=C(O)c1cnn(-c2ccc3[nH]cnc3c2)c1C1CC1. The molecule has 0 saturated heterocycles. The summed E-state index contributed by atoms with van der Waals surface area (Å²) in [6, 6.07) is 5.76. The first-order valence-electron chi connectivity index (χ1n) is 6.49. The molecule has 6 heteroatoms. The van der Waals surface area contributed by atoms with Gasteiger partial charge in [0.2, 0.25) is 0 Å². The molecule has 0 amide bonds. The fourth-order valence-electron chi connectivity index (χ4n) is 2.53. The average molecular weight is 268 g/mol. The van der Waals surface area contributed by atoms with Crippen LogP contribution in [0.1, 0.15) is 34.8 Å². The van der Waals surface area contributed by atoms with Crippen molar-refractivity contribution < 1.29 is 9.90 Å². The molecule has 1 fully saturated rings. The summed E-state index contributed by atoms with van der Waals surface area (Å²) in [5, 5.41) is 13.5. The van der Waals surface area contributed by atoms with Gasteiger partial charge < -0.3 is 10.1 Å². The fourth-order valence-corrected chi connectivity index (χ4v) is 2.53. The molecule has 2 aromatic heterocycles. The minimum atomic E-state index is -0.918. The van der Waals surface area contributed by atoms with Crippen LogP contribution >= 0.6 is 0 Å². The van der Waals surface area contributed by atoms with Crippen LogP contribution in [0.2, 0.25) is 0 Å². The Morgan fingerprint density at radius 2 is 2.25 bits per heavy atom. The summed E-state index contributed by atoms with van der Waals surface area (Å²) in [6.07, 6.45) is 5.12. The lowest BCUT2D eigenvalue weighted by atomic mass is 10.1. The third-order valence-corrected chi connectivity index (χ3v) is 3.65. The quantitative estimate of drug-likeness (QED) is 0.763. The molecule has 6 nitrogen and oxygen atoms in total. The number of aromatic nitrogens is 4. The van der Waals surface area contributed by atoms with E-state index in [9.17, 15) is 9.90 Å². The van der Waals surface area contributed by atoms with E-state index >= 15 is 0 Å². The van der Waals surface area contributed by atoms with Gasteiger partial charge in [0, 0.05) is 5.92 Å². The fraction of sp³-hybridized carbons (Fsp3) is 0.214. The van der Waals surface area contributed by atoms with E-state index in [2.05, 4.69) is 15.1 Å². The van der Waals surface area contributed by atoms with Crippen molar-refractivity contribution in [2.45, 2.75) is 18.8 Å². The lowest BCUT2D eigenvalue weighted by molar-refractivity contribution is 0.0695. The van der Waals surface area contributed by atoms with E-state index in [0.29, 0.717) is 11.5 Å². The summed E-state index contributed by atoms with van der Waals surface area (Å²) in [7, 11) is 0. The molecule has 1 aliphatic rings. The van der Waals surface area contributed by atoms with Crippen molar-refractivity contribution in [3.63, 3.8) is 0 Å². The van der Waals surface area contributed by atoms with Gasteiger partial charge in [-0.2, -0.15) is 5.10 Å². The van der Waals surface area contributed by atoms with Gasteiger partial charge in [0.25, 0.3) is 0 Å². The van der Waals surface area contributed by atoms with Gasteiger partial charge in [-0.15, -0.1) is 0 Å². The van der Waals surface area contributed by atoms with Crippen LogP contribution in [0, 0.1) is 0 Å². The molecular weight excluding hydrogens is 256 g/mol.